The summed E-state index contributed by atoms with van der Waals surface area (Å²) in [6, 6.07) is 6.46. The monoisotopic (exact) mass is 294 g/mol. The minimum Gasteiger partial charge on any atom is -0.382 e. The summed E-state index contributed by atoms with van der Waals surface area (Å²) < 4.78 is 25.1. The van der Waals surface area contributed by atoms with Crippen molar-refractivity contribution in [2.75, 3.05) is 16.3 Å². The Balaban J connectivity index is 1.72. The van der Waals surface area contributed by atoms with Crippen molar-refractivity contribution in [1.29, 1.82) is 0 Å². The molecule has 0 atom stereocenters. The predicted octanol–water partition coefficient (Wildman–Crippen LogP) is 2.97. The van der Waals surface area contributed by atoms with Crippen LogP contribution in [0.3, 0.4) is 0 Å². The third-order valence-corrected chi connectivity index (χ3v) is 4.71. The first-order chi connectivity index (χ1) is 9.42. The van der Waals surface area contributed by atoms with Gasteiger partial charge in [-0.1, -0.05) is 0 Å². The van der Waals surface area contributed by atoms with Crippen LogP contribution in [0.4, 0.5) is 11.4 Å². The molecule has 0 aromatic heterocycles. The summed E-state index contributed by atoms with van der Waals surface area (Å²) in [6.07, 6.45) is 6.57. The van der Waals surface area contributed by atoms with E-state index in [1.165, 1.54) is 31.9 Å². The van der Waals surface area contributed by atoms with Crippen molar-refractivity contribution in [2.45, 2.75) is 38.6 Å². The number of sulfonamides is 1. The Labute approximate surface area is 121 Å². The molecule has 0 amide bonds. The van der Waals surface area contributed by atoms with Gasteiger partial charge in [0.15, 0.2) is 0 Å². The topological polar surface area (TPSA) is 58.2 Å². The minimum atomic E-state index is -3.21. The molecule has 110 valence electrons. The van der Waals surface area contributed by atoms with Crippen molar-refractivity contribution in [2.24, 2.45) is 11.8 Å². The van der Waals surface area contributed by atoms with E-state index < -0.39 is 10.0 Å². The van der Waals surface area contributed by atoms with Crippen molar-refractivity contribution < 1.29 is 8.42 Å². The number of benzene rings is 1. The van der Waals surface area contributed by atoms with Crippen LogP contribution in [0.25, 0.3) is 0 Å². The molecular formula is C15H22N2O2S. The molecule has 2 aliphatic rings. The van der Waals surface area contributed by atoms with E-state index in [0.29, 0.717) is 11.7 Å². The van der Waals surface area contributed by atoms with Gasteiger partial charge in [-0.2, -0.15) is 0 Å². The summed E-state index contributed by atoms with van der Waals surface area (Å²) in [5, 5.41) is 3.66. The van der Waals surface area contributed by atoms with E-state index in [4.69, 9.17) is 0 Å². The summed E-state index contributed by atoms with van der Waals surface area (Å²) in [6.45, 7) is 1.93. The van der Waals surface area contributed by atoms with Crippen molar-refractivity contribution in [3.8, 4) is 0 Å². The first-order valence-corrected chi connectivity index (χ1v) is 9.16. The molecule has 1 aromatic carbocycles. The number of anilines is 2. The molecule has 2 N–H and O–H groups in total. The highest BCUT2D eigenvalue weighted by atomic mass is 32.2. The maximum atomic E-state index is 11.3. The molecule has 2 aliphatic carbocycles. The van der Waals surface area contributed by atoms with Crippen LogP contribution in [-0.4, -0.2) is 20.7 Å². The summed E-state index contributed by atoms with van der Waals surface area (Å²) in [4.78, 5) is 0. The van der Waals surface area contributed by atoms with Crippen LogP contribution >= 0.6 is 0 Å². The maximum absolute atomic E-state index is 11.3. The molecular weight excluding hydrogens is 272 g/mol. The van der Waals surface area contributed by atoms with Crippen LogP contribution in [0.15, 0.2) is 18.2 Å². The summed E-state index contributed by atoms with van der Waals surface area (Å²) in [5.41, 5.74) is 2.71. The van der Waals surface area contributed by atoms with E-state index in [9.17, 15) is 8.42 Å². The molecule has 0 saturated heterocycles. The normalized spacial score (nSPS) is 19.1. The first-order valence-electron chi connectivity index (χ1n) is 7.27. The molecule has 20 heavy (non-hydrogen) atoms. The number of hydrogen-bond donors (Lipinski definition) is 2. The second kappa shape index (κ2) is 4.95. The third kappa shape index (κ3) is 3.45. The van der Waals surface area contributed by atoms with Crippen molar-refractivity contribution in [3.63, 3.8) is 0 Å². The van der Waals surface area contributed by atoms with Gasteiger partial charge in [-0.3, -0.25) is 4.72 Å². The second-order valence-electron chi connectivity index (χ2n) is 6.25. The molecule has 0 unspecified atom stereocenters. The molecule has 0 aliphatic heterocycles. The van der Waals surface area contributed by atoms with Gasteiger partial charge in [-0.15, -0.1) is 0 Å². The molecule has 0 radical (unpaired) electrons. The second-order valence-corrected chi connectivity index (χ2v) is 8.00. The van der Waals surface area contributed by atoms with Crippen LogP contribution in [0.5, 0.6) is 0 Å². The standard InChI is InChI=1S/C15H22N2O2S/c1-10-9-13(7-8-14(10)17-20(2,18)19)16-15(11-3-4-11)12-5-6-12/h7-9,11-12,15-17H,3-6H2,1-2H3. The largest absolute Gasteiger partial charge is 0.382 e. The molecule has 0 spiro atoms. The number of rotatable bonds is 6. The van der Waals surface area contributed by atoms with Crippen LogP contribution in [0.2, 0.25) is 0 Å². The third-order valence-electron chi connectivity index (χ3n) is 4.11. The molecule has 0 bridgehead atoms. The summed E-state index contributed by atoms with van der Waals surface area (Å²) >= 11 is 0. The Morgan fingerprint density at radius 1 is 1.15 bits per heavy atom. The van der Waals surface area contributed by atoms with E-state index in [1.807, 2.05) is 25.1 Å². The fourth-order valence-corrected chi connectivity index (χ4v) is 3.42. The maximum Gasteiger partial charge on any atom is 0.229 e. The van der Waals surface area contributed by atoms with Gasteiger partial charge in [0.25, 0.3) is 0 Å². The smallest absolute Gasteiger partial charge is 0.229 e. The van der Waals surface area contributed by atoms with Gasteiger partial charge < -0.3 is 5.32 Å². The SMILES string of the molecule is Cc1cc(NC(C2CC2)C2CC2)ccc1NS(C)(=O)=O. The van der Waals surface area contributed by atoms with E-state index in [2.05, 4.69) is 10.0 Å². The van der Waals surface area contributed by atoms with Gasteiger partial charge in [-0.05, 0) is 68.2 Å². The summed E-state index contributed by atoms with van der Waals surface area (Å²) in [5.74, 6) is 1.69. The lowest BCUT2D eigenvalue weighted by atomic mass is 10.1. The Bertz CT molecular complexity index is 592. The number of nitrogens with one attached hydrogen (secondary N) is 2. The van der Waals surface area contributed by atoms with Crippen LogP contribution in [0, 0.1) is 18.8 Å². The van der Waals surface area contributed by atoms with Crippen LogP contribution in [-0.2, 0) is 10.0 Å². The van der Waals surface area contributed by atoms with Crippen molar-refractivity contribution >= 4 is 21.4 Å². The zero-order valence-corrected chi connectivity index (χ0v) is 12.8. The highest BCUT2D eigenvalue weighted by molar-refractivity contribution is 7.92. The molecule has 2 saturated carbocycles. The zero-order valence-electron chi connectivity index (χ0n) is 12.0. The Morgan fingerprint density at radius 3 is 2.20 bits per heavy atom. The first kappa shape index (κ1) is 13.7. The van der Waals surface area contributed by atoms with Gasteiger partial charge >= 0.3 is 0 Å². The van der Waals surface area contributed by atoms with E-state index >= 15 is 0 Å². The van der Waals surface area contributed by atoms with Crippen molar-refractivity contribution in [1.82, 2.24) is 0 Å². The summed E-state index contributed by atoms with van der Waals surface area (Å²) in [7, 11) is -3.21. The van der Waals surface area contributed by atoms with Gasteiger partial charge in [0.2, 0.25) is 10.0 Å². The molecule has 3 rings (SSSR count). The Morgan fingerprint density at radius 2 is 1.75 bits per heavy atom. The van der Waals surface area contributed by atoms with E-state index in [-0.39, 0.29) is 0 Å². The zero-order chi connectivity index (χ0) is 14.3. The lowest BCUT2D eigenvalue weighted by Gasteiger charge is -2.20. The van der Waals surface area contributed by atoms with Gasteiger partial charge in [0.05, 0.1) is 11.9 Å². The van der Waals surface area contributed by atoms with Crippen molar-refractivity contribution in [3.05, 3.63) is 23.8 Å². The quantitative estimate of drug-likeness (QED) is 0.848. The van der Waals surface area contributed by atoms with E-state index in [0.717, 1.165) is 23.1 Å². The fourth-order valence-electron chi connectivity index (χ4n) is 2.79. The number of hydrogen-bond acceptors (Lipinski definition) is 3. The molecule has 4 nitrogen and oxygen atoms in total. The molecule has 2 fully saturated rings. The average molecular weight is 294 g/mol. The van der Waals surface area contributed by atoms with Gasteiger partial charge in [0.1, 0.15) is 0 Å². The highest BCUT2D eigenvalue weighted by Gasteiger charge is 2.41. The molecule has 1 aromatic rings. The van der Waals surface area contributed by atoms with Gasteiger partial charge in [-0.25, -0.2) is 8.42 Å². The minimum absolute atomic E-state index is 0.614. The average Bonchev–Trinajstić information content (AvgIpc) is 3.22. The van der Waals surface area contributed by atoms with Crippen LogP contribution in [0.1, 0.15) is 31.2 Å². The molecule has 0 heterocycles. The number of aryl methyl sites for hydroxylation is 1. The molecule has 5 heteroatoms. The lowest BCUT2D eigenvalue weighted by molar-refractivity contribution is 0.568. The van der Waals surface area contributed by atoms with Gasteiger partial charge in [0, 0.05) is 11.7 Å². The highest BCUT2D eigenvalue weighted by Crippen LogP contribution is 2.46. The Kier molecular flexibility index (Phi) is 3.40. The van der Waals surface area contributed by atoms with Crippen LogP contribution < -0.4 is 10.0 Å². The fraction of sp³-hybridized carbons (Fsp3) is 0.600. The van der Waals surface area contributed by atoms with E-state index in [1.54, 1.807) is 0 Å². The Hall–Kier alpha value is -1.23. The lowest BCUT2D eigenvalue weighted by Crippen LogP contribution is -2.24. The predicted molar refractivity (Wildman–Crippen MR) is 82.5 cm³/mol.